The molecule has 1 aliphatic heterocycles. The van der Waals surface area contributed by atoms with Crippen molar-refractivity contribution < 1.29 is 4.79 Å². The summed E-state index contributed by atoms with van der Waals surface area (Å²) in [6, 6.07) is 13.3. The fourth-order valence-corrected chi connectivity index (χ4v) is 3.80. The molecule has 2 aromatic carbocycles. The maximum absolute atomic E-state index is 12.5. The molecule has 0 spiro atoms. The van der Waals surface area contributed by atoms with Crippen LogP contribution in [0.25, 0.3) is 0 Å². The molecule has 1 heterocycles. The van der Waals surface area contributed by atoms with Gasteiger partial charge in [0.2, 0.25) is 5.91 Å². The van der Waals surface area contributed by atoms with Gasteiger partial charge in [-0.2, -0.15) is 0 Å². The first-order valence-electron chi connectivity index (χ1n) is 7.79. The van der Waals surface area contributed by atoms with Crippen LogP contribution >= 0.6 is 39.1 Å². The number of benzene rings is 2. The SMILES string of the molecule is O=C(Nc1ccc(Br)cc1Cl)C1CCN(c2cccc(Cl)c2)CC1. The number of carbonyl (C=O) groups excluding carboxylic acids is 1. The Morgan fingerprint density at radius 2 is 1.88 bits per heavy atom. The molecule has 1 amide bonds. The molecule has 0 saturated carbocycles. The molecule has 2 aromatic rings. The first-order chi connectivity index (χ1) is 11.5. The first kappa shape index (κ1) is 17.6. The highest BCUT2D eigenvalue weighted by atomic mass is 79.9. The average Bonchev–Trinajstić information content (AvgIpc) is 2.57. The smallest absolute Gasteiger partial charge is 0.227 e. The van der Waals surface area contributed by atoms with Crippen LogP contribution in [-0.4, -0.2) is 19.0 Å². The van der Waals surface area contributed by atoms with Crippen molar-refractivity contribution in [3.05, 3.63) is 57.0 Å². The van der Waals surface area contributed by atoms with E-state index in [9.17, 15) is 4.79 Å². The van der Waals surface area contributed by atoms with Crippen LogP contribution in [0.15, 0.2) is 46.9 Å². The number of anilines is 2. The summed E-state index contributed by atoms with van der Waals surface area (Å²) in [7, 11) is 0. The van der Waals surface area contributed by atoms with Gasteiger partial charge in [0.15, 0.2) is 0 Å². The minimum Gasteiger partial charge on any atom is -0.371 e. The minimum absolute atomic E-state index is 0.000137. The predicted octanol–water partition coefficient (Wildman–Crippen LogP) is 5.61. The van der Waals surface area contributed by atoms with Gasteiger partial charge in [0.1, 0.15) is 0 Å². The zero-order valence-electron chi connectivity index (χ0n) is 12.9. The molecular formula is C18H17BrCl2N2O. The van der Waals surface area contributed by atoms with Crippen LogP contribution in [-0.2, 0) is 4.79 Å². The van der Waals surface area contributed by atoms with Crippen LogP contribution in [0.1, 0.15) is 12.8 Å². The molecular weight excluding hydrogens is 411 g/mol. The van der Waals surface area contributed by atoms with Crippen molar-refractivity contribution in [2.24, 2.45) is 5.92 Å². The molecule has 3 rings (SSSR count). The number of hydrogen-bond acceptors (Lipinski definition) is 2. The summed E-state index contributed by atoms with van der Waals surface area (Å²) in [4.78, 5) is 14.7. The van der Waals surface area contributed by atoms with Gasteiger partial charge >= 0.3 is 0 Å². The summed E-state index contributed by atoms with van der Waals surface area (Å²) in [6.07, 6.45) is 1.62. The Kier molecular flexibility index (Phi) is 5.69. The Morgan fingerprint density at radius 3 is 2.54 bits per heavy atom. The highest BCUT2D eigenvalue weighted by Crippen LogP contribution is 2.29. The monoisotopic (exact) mass is 426 g/mol. The fourth-order valence-electron chi connectivity index (χ4n) is 2.90. The second-order valence-electron chi connectivity index (χ2n) is 5.85. The number of halogens is 3. The van der Waals surface area contributed by atoms with Crippen molar-refractivity contribution in [2.75, 3.05) is 23.3 Å². The van der Waals surface area contributed by atoms with Crippen molar-refractivity contribution in [1.29, 1.82) is 0 Å². The van der Waals surface area contributed by atoms with E-state index in [2.05, 4.69) is 26.1 Å². The molecule has 1 fully saturated rings. The van der Waals surface area contributed by atoms with Crippen molar-refractivity contribution in [1.82, 2.24) is 0 Å². The largest absolute Gasteiger partial charge is 0.371 e. The van der Waals surface area contributed by atoms with E-state index in [1.54, 1.807) is 6.07 Å². The number of rotatable bonds is 3. The van der Waals surface area contributed by atoms with Crippen LogP contribution in [0.2, 0.25) is 10.0 Å². The number of carbonyl (C=O) groups is 1. The molecule has 3 nitrogen and oxygen atoms in total. The van der Waals surface area contributed by atoms with Gasteiger partial charge in [-0.15, -0.1) is 0 Å². The fraction of sp³-hybridized carbons (Fsp3) is 0.278. The van der Waals surface area contributed by atoms with E-state index in [0.717, 1.165) is 41.1 Å². The van der Waals surface area contributed by atoms with Gasteiger partial charge in [0.05, 0.1) is 10.7 Å². The predicted molar refractivity (Wildman–Crippen MR) is 104 cm³/mol. The molecule has 0 atom stereocenters. The summed E-state index contributed by atoms with van der Waals surface area (Å²) >= 11 is 15.6. The normalized spacial score (nSPS) is 15.4. The molecule has 0 radical (unpaired) electrons. The number of amides is 1. The zero-order valence-corrected chi connectivity index (χ0v) is 16.0. The summed E-state index contributed by atoms with van der Waals surface area (Å²) in [5.41, 5.74) is 1.76. The quantitative estimate of drug-likeness (QED) is 0.690. The second kappa shape index (κ2) is 7.77. The highest BCUT2D eigenvalue weighted by Gasteiger charge is 2.25. The number of hydrogen-bond donors (Lipinski definition) is 1. The Hall–Kier alpha value is -1.23. The molecule has 1 N–H and O–H groups in total. The highest BCUT2D eigenvalue weighted by molar-refractivity contribution is 9.10. The van der Waals surface area contributed by atoms with Crippen LogP contribution < -0.4 is 10.2 Å². The van der Waals surface area contributed by atoms with E-state index in [4.69, 9.17) is 23.2 Å². The molecule has 126 valence electrons. The van der Waals surface area contributed by atoms with Crippen molar-refractivity contribution in [3.63, 3.8) is 0 Å². The van der Waals surface area contributed by atoms with E-state index >= 15 is 0 Å². The molecule has 1 aliphatic rings. The van der Waals surface area contributed by atoms with Gasteiger partial charge in [-0.1, -0.05) is 45.2 Å². The van der Waals surface area contributed by atoms with E-state index < -0.39 is 0 Å². The molecule has 24 heavy (non-hydrogen) atoms. The van der Waals surface area contributed by atoms with Crippen molar-refractivity contribution >= 4 is 56.4 Å². The van der Waals surface area contributed by atoms with Gasteiger partial charge in [-0.25, -0.2) is 0 Å². The lowest BCUT2D eigenvalue weighted by molar-refractivity contribution is -0.120. The van der Waals surface area contributed by atoms with Crippen LogP contribution in [0.3, 0.4) is 0 Å². The topological polar surface area (TPSA) is 32.3 Å². The third kappa shape index (κ3) is 4.24. The maximum Gasteiger partial charge on any atom is 0.227 e. The van der Waals surface area contributed by atoms with E-state index in [1.165, 1.54) is 0 Å². The number of nitrogens with one attached hydrogen (secondary N) is 1. The van der Waals surface area contributed by atoms with Gasteiger partial charge < -0.3 is 10.2 Å². The van der Waals surface area contributed by atoms with Gasteiger partial charge in [-0.05, 0) is 49.2 Å². The lowest BCUT2D eigenvalue weighted by Gasteiger charge is -2.33. The Labute approximate surface area is 160 Å². The van der Waals surface area contributed by atoms with Crippen LogP contribution in [0.4, 0.5) is 11.4 Å². The maximum atomic E-state index is 12.5. The summed E-state index contributed by atoms with van der Waals surface area (Å²) < 4.78 is 0.889. The molecule has 0 bridgehead atoms. The average molecular weight is 428 g/mol. The first-order valence-corrected chi connectivity index (χ1v) is 9.34. The molecule has 0 aromatic heterocycles. The molecule has 6 heteroatoms. The Morgan fingerprint density at radius 1 is 1.12 bits per heavy atom. The molecule has 0 unspecified atom stereocenters. The Balaban J connectivity index is 1.59. The van der Waals surface area contributed by atoms with Crippen molar-refractivity contribution in [3.8, 4) is 0 Å². The zero-order chi connectivity index (χ0) is 17.1. The minimum atomic E-state index is 0.000137. The third-order valence-corrected chi connectivity index (χ3v) is 5.27. The number of piperidine rings is 1. The third-order valence-electron chi connectivity index (χ3n) is 4.23. The molecule has 0 aliphatic carbocycles. The summed E-state index contributed by atoms with van der Waals surface area (Å²) in [5, 5.41) is 4.21. The van der Waals surface area contributed by atoms with Crippen LogP contribution in [0, 0.1) is 5.92 Å². The van der Waals surface area contributed by atoms with Crippen LogP contribution in [0.5, 0.6) is 0 Å². The van der Waals surface area contributed by atoms with Crippen molar-refractivity contribution in [2.45, 2.75) is 12.8 Å². The van der Waals surface area contributed by atoms with Gasteiger partial charge in [0.25, 0.3) is 0 Å². The van der Waals surface area contributed by atoms with Gasteiger partial charge in [0, 0.05) is 34.2 Å². The lowest BCUT2D eigenvalue weighted by atomic mass is 9.95. The Bertz CT molecular complexity index is 746. The van der Waals surface area contributed by atoms with E-state index in [0.29, 0.717) is 10.7 Å². The second-order valence-corrected chi connectivity index (χ2v) is 7.61. The van der Waals surface area contributed by atoms with Gasteiger partial charge in [-0.3, -0.25) is 4.79 Å². The summed E-state index contributed by atoms with van der Waals surface area (Å²) in [6.45, 7) is 1.68. The van der Waals surface area contributed by atoms with E-state index in [-0.39, 0.29) is 11.8 Å². The molecule has 1 saturated heterocycles. The number of nitrogens with zero attached hydrogens (tertiary/aromatic N) is 1. The lowest BCUT2D eigenvalue weighted by Crippen LogP contribution is -2.38. The van der Waals surface area contributed by atoms with E-state index in [1.807, 2.05) is 36.4 Å². The standard InChI is InChI=1S/C18H17BrCl2N2O/c19-13-4-5-17(16(21)10-13)22-18(24)12-6-8-23(9-7-12)15-3-1-2-14(20)11-15/h1-5,10-12H,6-9H2,(H,22,24). The summed E-state index contributed by atoms with van der Waals surface area (Å²) in [5.74, 6) is 0.0325.